The minimum absolute atomic E-state index is 0.125. The van der Waals surface area contributed by atoms with Gasteiger partial charge in [-0.2, -0.15) is 0 Å². The first-order valence-electron chi connectivity index (χ1n) is 10.6. The van der Waals surface area contributed by atoms with Gasteiger partial charge in [-0.05, 0) is 42.7 Å². The van der Waals surface area contributed by atoms with Crippen LogP contribution in [-0.4, -0.2) is 55.2 Å². The second kappa shape index (κ2) is 10.8. The van der Waals surface area contributed by atoms with Gasteiger partial charge in [0.2, 0.25) is 0 Å². The summed E-state index contributed by atoms with van der Waals surface area (Å²) in [5.41, 5.74) is 2.69. The molecular formula is C24H25Cl2N3O2S. The molecule has 1 saturated heterocycles. The molecule has 0 unspecified atom stereocenters. The highest BCUT2D eigenvalue weighted by atomic mass is 35.5. The quantitative estimate of drug-likeness (QED) is 0.400. The third-order valence-electron chi connectivity index (χ3n) is 5.45. The van der Waals surface area contributed by atoms with Crippen LogP contribution in [0.3, 0.4) is 0 Å². The number of fused-ring (bicyclic) bond motifs is 1. The molecule has 0 atom stereocenters. The number of thiazole rings is 1. The van der Waals surface area contributed by atoms with Gasteiger partial charge in [-0.25, -0.2) is 4.98 Å². The van der Waals surface area contributed by atoms with E-state index in [1.807, 2.05) is 43.3 Å². The lowest BCUT2D eigenvalue weighted by molar-refractivity contribution is -0.114. The summed E-state index contributed by atoms with van der Waals surface area (Å²) in [6.45, 7) is 6.86. The number of aryl methyl sites for hydroxylation is 1. The SMILES string of the molecule is Cc1ccc(Cl)c2sc(N(CCCN3CCOCC3)C(=O)/C=C/c3ccccc3Cl)nc12. The lowest BCUT2D eigenvalue weighted by atomic mass is 10.2. The van der Waals surface area contributed by atoms with E-state index in [0.717, 1.165) is 60.6 Å². The molecule has 0 saturated carbocycles. The summed E-state index contributed by atoms with van der Waals surface area (Å²) in [6, 6.07) is 11.3. The number of anilines is 1. The van der Waals surface area contributed by atoms with Crippen molar-refractivity contribution in [2.45, 2.75) is 13.3 Å². The number of hydrogen-bond donors (Lipinski definition) is 0. The Morgan fingerprint density at radius 3 is 2.72 bits per heavy atom. The van der Waals surface area contributed by atoms with E-state index in [1.54, 1.807) is 17.1 Å². The minimum atomic E-state index is -0.125. The number of halogens is 2. The lowest BCUT2D eigenvalue weighted by Crippen LogP contribution is -2.39. The summed E-state index contributed by atoms with van der Waals surface area (Å²) in [6.07, 6.45) is 4.16. The van der Waals surface area contributed by atoms with Crippen molar-refractivity contribution in [3.8, 4) is 0 Å². The van der Waals surface area contributed by atoms with Crippen LogP contribution in [0.2, 0.25) is 10.0 Å². The van der Waals surface area contributed by atoms with Crippen molar-refractivity contribution >= 4 is 61.9 Å². The van der Waals surface area contributed by atoms with Crippen LogP contribution in [0, 0.1) is 6.92 Å². The standard InChI is InChI=1S/C24H25Cl2N3O2S/c1-17-7-9-20(26)23-22(17)27-24(32-23)29(12-4-11-28-13-15-31-16-14-28)21(30)10-8-18-5-2-3-6-19(18)25/h2-3,5-10H,4,11-16H2,1H3/b10-8+. The molecule has 2 heterocycles. The maximum Gasteiger partial charge on any atom is 0.252 e. The first-order chi connectivity index (χ1) is 15.5. The first kappa shape index (κ1) is 23.2. The molecular weight excluding hydrogens is 465 g/mol. The van der Waals surface area contributed by atoms with Crippen LogP contribution < -0.4 is 4.90 Å². The van der Waals surface area contributed by atoms with E-state index in [2.05, 4.69) is 4.90 Å². The van der Waals surface area contributed by atoms with Crippen LogP contribution in [-0.2, 0) is 9.53 Å². The van der Waals surface area contributed by atoms with Gasteiger partial charge in [0.05, 0.1) is 28.5 Å². The number of aromatic nitrogens is 1. The maximum atomic E-state index is 13.3. The van der Waals surface area contributed by atoms with Crippen LogP contribution in [0.25, 0.3) is 16.3 Å². The van der Waals surface area contributed by atoms with Crippen molar-refractivity contribution in [2.75, 3.05) is 44.3 Å². The largest absolute Gasteiger partial charge is 0.379 e. The molecule has 1 aromatic heterocycles. The molecule has 32 heavy (non-hydrogen) atoms. The summed E-state index contributed by atoms with van der Waals surface area (Å²) < 4.78 is 6.33. The van der Waals surface area contributed by atoms with Gasteiger partial charge in [0, 0.05) is 37.3 Å². The highest BCUT2D eigenvalue weighted by Crippen LogP contribution is 2.36. The van der Waals surface area contributed by atoms with Crippen molar-refractivity contribution in [2.24, 2.45) is 0 Å². The number of benzene rings is 2. The number of carbonyl (C=O) groups excluding carboxylic acids is 1. The van der Waals surface area contributed by atoms with Gasteiger partial charge in [0.15, 0.2) is 5.13 Å². The van der Waals surface area contributed by atoms with Crippen LogP contribution in [0.15, 0.2) is 42.5 Å². The fourth-order valence-electron chi connectivity index (χ4n) is 3.64. The zero-order valence-electron chi connectivity index (χ0n) is 17.9. The van der Waals surface area contributed by atoms with Gasteiger partial charge in [0.1, 0.15) is 0 Å². The molecule has 1 fully saturated rings. The maximum absolute atomic E-state index is 13.3. The number of morpholine rings is 1. The summed E-state index contributed by atoms with van der Waals surface area (Å²) >= 11 is 14.1. The predicted octanol–water partition coefficient (Wildman–Crippen LogP) is 5.68. The van der Waals surface area contributed by atoms with E-state index >= 15 is 0 Å². The molecule has 2 aromatic carbocycles. The molecule has 0 N–H and O–H groups in total. The molecule has 8 heteroatoms. The number of nitrogens with zero attached hydrogens (tertiary/aromatic N) is 3. The van der Waals surface area contributed by atoms with Gasteiger partial charge in [-0.1, -0.05) is 58.8 Å². The average molecular weight is 490 g/mol. The van der Waals surface area contributed by atoms with Crippen molar-refractivity contribution in [3.05, 3.63) is 63.6 Å². The topological polar surface area (TPSA) is 45.7 Å². The molecule has 0 radical (unpaired) electrons. The monoisotopic (exact) mass is 489 g/mol. The van der Waals surface area contributed by atoms with Gasteiger partial charge in [-0.15, -0.1) is 0 Å². The Balaban J connectivity index is 1.57. The summed E-state index contributed by atoms with van der Waals surface area (Å²) in [7, 11) is 0. The Morgan fingerprint density at radius 2 is 1.97 bits per heavy atom. The van der Waals surface area contributed by atoms with E-state index in [9.17, 15) is 4.79 Å². The van der Waals surface area contributed by atoms with Crippen LogP contribution in [0.1, 0.15) is 17.5 Å². The van der Waals surface area contributed by atoms with E-state index < -0.39 is 0 Å². The van der Waals surface area contributed by atoms with Crippen molar-refractivity contribution < 1.29 is 9.53 Å². The summed E-state index contributed by atoms with van der Waals surface area (Å²) in [5.74, 6) is -0.125. The molecule has 1 aliphatic heterocycles. The molecule has 168 valence electrons. The van der Waals surface area contributed by atoms with E-state index in [-0.39, 0.29) is 5.91 Å². The molecule has 1 aliphatic rings. The molecule has 1 amide bonds. The zero-order valence-corrected chi connectivity index (χ0v) is 20.2. The minimum Gasteiger partial charge on any atom is -0.379 e. The second-order valence-corrected chi connectivity index (χ2v) is 9.48. The Kier molecular flexibility index (Phi) is 7.81. The molecule has 0 bridgehead atoms. The number of hydrogen-bond acceptors (Lipinski definition) is 5. The number of ether oxygens (including phenoxy) is 1. The molecule has 4 rings (SSSR count). The normalized spacial score (nSPS) is 15.0. The van der Waals surface area contributed by atoms with Gasteiger partial charge >= 0.3 is 0 Å². The van der Waals surface area contributed by atoms with E-state index in [4.69, 9.17) is 32.9 Å². The molecule has 5 nitrogen and oxygen atoms in total. The van der Waals surface area contributed by atoms with Crippen LogP contribution in [0.4, 0.5) is 5.13 Å². The number of rotatable bonds is 7. The second-order valence-electron chi connectivity index (χ2n) is 7.69. The van der Waals surface area contributed by atoms with Crippen molar-refractivity contribution in [3.63, 3.8) is 0 Å². The Morgan fingerprint density at radius 1 is 1.19 bits per heavy atom. The van der Waals surface area contributed by atoms with E-state index in [1.165, 1.54) is 11.3 Å². The highest BCUT2D eigenvalue weighted by Gasteiger charge is 2.20. The average Bonchev–Trinajstić information content (AvgIpc) is 3.26. The van der Waals surface area contributed by atoms with Gasteiger partial charge < -0.3 is 4.74 Å². The van der Waals surface area contributed by atoms with Crippen molar-refractivity contribution in [1.29, 1.82) is 0 Å². The van der Waals surface area contributed by atoms with E-state index in [0.29, 0.717) is 21.7 Å². The van der Waals surface area contributed by atoms with Crippen LogP contribution in [0.5, 0.6) is 0 Å². The van der Waals surface area contributed by atoms with Crippen molar-refractivity contribution in [1.82, 2.24) is 9.88 Å². The molecule has 0 aliphatic carbocycles. The van der Waals surface area contributed by atoms with Gasteiger partial charge in [-0.3, -0.25) is 14.6 Å². The summed E-state index contributed by atoms with van der Waals surface area (Å²) in [5, 5.41) is 1.92. The number of amides is 1. The lowest BCUT2D eigenvalue weighted by Gasteiger charge is -2.27. The fraction of sp³-hybridized carbons (Fsp3) is 0.333. The Bertz CT molecular complexity index is 1090. The Hall–Kier alpha value is -1.96. The zero-order chi connectivity index (χ0) is 22.5. The Labute approximate surface area is 202 Å². The van der Waals surface area contributed by atoms with Gasteiger partial charge in [0.25, 0.3) is 5.91 Å². The smallest absolute Gasteiger partial charge is 0.252 e. The third kappa shape index (κ3) is 5.50. The fourth-order valence-corrected chi connectivity index (χ4v) is 5.19. The van der Waals surface area contributed by atoms with Crippen LogP contribution >= 0.6 is 34.5 Å². The number of carbonyl (C=O) groups is 1. The molecule has 3 aromatic rings. The first-order valence-corrected chi connectivity index (χ1v) is 12.2. The summed E-state index contributed by atoms with van der Waals surface area (Å²) in [4.78, 5) is 22.1. The molecule has 0 spiro atoms. The highest BCUT2D eigenvalue weighted by molar-refractivity contribution is 7.23. The predicted molar refractivity (Wildman–Crippen MR) is 134 cm³/mol. The third-order valence-corrected chi connectivity index (χ3v) is 7.34.